The van der Waals surface area contributed by atoms with Gasteiger partial charge in [-0.2, -0.15) is 5.10 Å². The van der Waals surface area contributed by atoms with E-state index < -0.39 is 0 Å². The maximum Gasteiger partial charge on any atom is 0.254 e. The normalized spacial score (nSPS) is 21.3. The van der Waals surface area contributed by atoms with E-state index in [1.807, 2.05) is 53.0 Å². The molecule has 0 aliphatic carbocycles. The van der Waals surface area contributed by atoms with Gasteiger partial charge in [0.25, 0.3) is 5.91 Å². The average Bonchev–Trinajstić information content (AvgIpc) is 3.12. The van der Waals surface area contributed by atoms with Gasteiger partial charge in [0.2, 0.25) is 0 Å². The maximum atomic E-state index is 12.6. The molecule has 2 heterocycles. The van der Waals surface area contributed by atoms with Crippen LogP contribution in [0.3, 0.4) is 0 Å². The van der Waals surface area contributed by atoms with Gasteiger partial charge in [0.05, 0.1) is 11.4 Å². The largest absolute Gasteiger partial charge is 0.336 e. The van der Waals surface area contributed by atoms with Crippen molar-refractivity contribution in [1.29, 1.82) is 0 Å². The van der Waals surface area contributed by atoms with Crippen LogP contribution in [0.4, 0.5) is 0 Å². The fourth-order valence-electron chi connectivity index (χ4n) is 3.08. The summed E-state index contributed by atoms with van der Waals surface area (Å²) in [4.78, 5) is 14.6. The first-order valence-electron chi connectivity index (χ1n) is 7.72. The predicted molar refractivity (Wildman–Crippen MR) is 86.0 cm³/mol. The molecule has 0 bridgehead atoms. The molecular weight excluding hydrogens is 276 g/mol. The molecule has 0 spiro atoms. The number of amides is 1. The SMILES string of the molecule is Cc1ccn(-c2ccc(C(=O)N3CC(CN)CC3C)cc2)n1. The lowest BCUT2D eigenvalue weighted by atomic mass is 10.1. The van der Waals surface area contributed by atoms with E-state index >= 15 is 0 Å². The Labute approximate surface area is 130 Å². The highest BCUT2D eigenvalue weighted by atomic mass is 16.2. The van der Waals surface area contributed by atoms with Crippen LogP contribution in [0.15, 0.2) is 36.5 Å². The maximum absolute atomic E-state index is 12.6. The summed E-state index contributed by atoms with van der Waals surface area (Å²) in [5, 5.41) is 4.37. The van der Waals surface area contributed by atoms with E-state index in [1.54, 1.807) is 0 Å². The van der Waals surface area contributed by atoms with E-state index in [9.17, 15) is 4.79 Å². The molecule has 0 radical (unpaired) electrons. The molecule has 1 aliphatic heterocycles. The minimum atomic E-state index is 0.0895. The molecule has 5 nitrogen and oxygen atoms in total. The Morgan fingerprint density at radius 1 is 1.32 bits per heavy atom. The van der Waals surface area contributed by atoms with Crippen molar-refractivity contribution in [3.8, 4) is 5.69 Å². The van der Waals surface area contributed by atoms with Crippen molar-refractivity contribution in [3.63, 3.8) is 0 Å². The van der Waals surface area contributed by atoms with Crippen LogP contribution in [0.25, 0.3) is 5.69 Å². The molecule has 3 rings (SSSR count). The lowest BCUT2D eigenvalue weighted by Crippen LogP contribution is -2.34. The Bertz CT molecular complexity index is 662. The van der Waals surface area contributed by atoms with Gasteiger partial charge in [-0.25, -0.2) is 4.68 Å². The second kappa shape index (κ2) is 5.93. The number of hydrogen-bond donors (Lipinski definition) is 1. The highest BCUT2D eigenvalue weighted by Gasteiger charge is 2.31. The quantitative estimate of drug-likeness (QED) is 0.942. The van der Waals surface area contributed by atoms with E-state index in [4.69, 9.17) is 5.73 Å². The van der Waals surface area contributed by atoms with Gasteiger partial charge in [-0.1, -0.05) is 0 Å². The first kappa shape index (κ1) is 14.8. The summed E-state index contributed by atoms with van der Waals surface area (Å²) in [5.41, 5.74) is 8.38. The number of aryl methyl sites for hydroxylation is 1. The fourth-order valence-corrected chi connectivity index (χ4v) is 3.08. The van der Waals surface area contributed by atoms with E-state index in [0.717, 1.165) is 29.9 Å². The van der Waals surface area contributed by atoms with Gasteiger partial charge in [-0.05, 0) is 63.1 Å². The van der Waals surface area contributed by atoms with Crippen LogP contribution < -0.4 is 5.73 Å². The van der Waals surface area contributed by atoms with E-state index in [2.05, 4.69) is 12.0 Å². The summed E-state index contributed by atoms with van der Waals surface area (Å²) in [6, 6.07) is 9.82. The molecule has 1 fully saturated rings. The number of carbonyl (C=O) groups excluding carboxylic acids is 1. The smallest absolute Gasteiger partial charge is 0.254 e. The Kier molecular flexibility index (Phi) is 3.98. The van der Waals surface area contributed by atoms with Crippen molar-refractivity contribution < 1.29 is 4.79 Å². The molecular formula is C17H22N4O. The third-order valence-electron chi connectivity index (χ3n) is 4.36. The second-order valence-electron chi connectivity index (χ2n) is 6.09. The lowest BCUT2D eigenvalue weighted by Gasteiger charge is -2.21. The number of benzene rings is 1. The van der Waals surface area contributed by atoms with Gasteiger partial charge in [-0.3, -0.25) is 4.79 Å². The first-order valence-corrected chi connectivity index (χ1v) is 7.72. The van der Waals surface area contributed by atoms with E-state index in [-0.39, 0.29) is 11.9 Å². The number of carbonyl (C=O) groups is 1. The Balaban J connectivity index is 1.76. The van der Waals surface area contributed by atoms with Crippen molar-refractivity contribution in [1.82, 2.24) is 14.7 Å². The van der Waals surface area contributed by atoms with Crippen LogP contribution in [-0.4, -0.2) is 39.7 Å². The van der Waals surface area contributed by atoms with E-state index in [0.29, 0.717) is 12.5 Å². The molecule has 1 amide bonds. The van der Waals surface area contributed by atoms with Crippen LogP contribution >= 0.6 is 0 Å². The van der Waals surface area contributed by atoms with Crippen LogP contribution in [0.1, 0.15) is 29.4 Å². The minimum absolute atomic E-state index is 0.0895. The summed E-state index contributed by atoms with van der Waals surface area (Å²) in [6.07, 6.45) is 2.91. The number of nitrogens with zero attached hydrogens (tertiary/aromatic N) is 3. The standard InChI is InChI=1S/C17H22N4O/c1-12-7-8-21(19-12)16-5-3-15(4-6-16)17(22)20-11-14(10-18)9-13(20)2/h3-8,13-14H,9-11,18H2,1-2H3. The monoisotopic (exact) mass is 298 g/mol. The van der Waals surface area contributed by atoms with Crippen molar-refractivity contribution in [2.24, 2.45) is 11.7 Å². The molecule has 2 aromatic rings. The highest BCUT2D eigenvalue weighted by Crippen LogP contribution is 2.24. The number of hydrogen-bond acceptors (Lipinski definition) is 3. The average molecular weight is 298 g/mol. The molecule has 0 saturated carbocycles. The second-order valence-corrected chi connectivity index (χ2v) is 6.09. The number of nitrogens with two attached hydrogens (primary N) is 1. The molecule has 22 heavy (non-hydrogen) atoms. The van der Waals surface area contributed by atoms with Crippen molar-refractivity contribution in [2.75, 3.05) is 13.1 Å². The molecule has 2 atom stereocenters. The van der Waals surface area contributed by atoms with Gasteiger partial charge in [-0.15, -0.1) is 0 Å². The van der Waals surface area contributed by atoms with Gasteiger partial charge in [0.15, 0.2) is 0 Å². The summed E-state index contributed by atoms with van der Waals surface area (Å²) in [6.45, 7) is 5.45. The minimum Gasteiger partial charge on any atom is -0.336 e. The number of aromatic nitrogens is 2. The summed E-state index contributed by atoms with van der Waals surface area (Å²) >= 11 is 0. The summed E-state index contributed by atoms with van der Waals surface area (Å²) in [5.74, 6) is 0.511. The molecule has 5 heteroatoms. The predicted octanol–water partition coefficient (Wildman–Crippen LogP) is 1.99. The molecule has 1 aromatic carbocycles. The molecule has 1 aromatic heterocycles. The van der Waals surface area contributed by atoms with Crippen molar-refractivity contribution in [3.05, 3.63) is 47.8 Å². The number of likely N-dealkylation sites (tertiary alicyclic amines) is 1. The Hall–Kier alpha value is -2.14. The van der Waals surface area contributed by atoms with Crippen LogP contribution in [0.2, 0.25) is 0 Å². The molecule has 2 N–H and O–H groups in total. The molecule has 2 unspecified atom stereocenters. The van der Waals surface area contributed by atoms with Gasteiger partial charge in [0.1, 0.15) is 0 Å². The first-order chi connectivity index (χ1) is 10.6. The topological polar surface area (TPSA) is 64.2 Å². The zero-order valence-corrected chi connectivity index (χ0v) is 13.1. The van der Waals surface area contributed by atoms with Crippen LogP contribution in [0, 0.1) is 12.8 Å². The third-order valence-corrected chi connectivity index (χ3v) is 4.36. The summed E-state index contributed by atoms with van der Waals surface area (Å²) < 4.78 is 1.81. The summed E-state index contributed by atoms with van der Waals surface area (Å²) in [7, 11) is 0. The highest BCUT2D eigenvalue weighted by molar-refractivity contribution is 5.94. The van der Waals surface area contributed by atoms with Crippen molar-refractivity contribution in [2.45, 2.75) is 26.3 Å². The van der Waals surface area contributed by atoms with E-state index in [1.165, 1.54) is 0 Å². The van der Waals surface area contributed by atoms with Crippen LogP contribution in [-0.2, 0) is 0 Å². The molecule has 1 aliphatic rings. The van der Waals surface area contributed by atoms with Gasteiger partial charge >= 0.3 is 0 Å². The fraction of sp³-hybridized carbons (Fsp3) is 0.412. The zero-order valence-electron chi connectivity index (χ0n) is 13.1. The van der Waals surface area contributed by atoms with Crippen LogP contribution in [0.5, 0.6) is 0 Å². The Morgan fingerprint density at radius 3 is 2.59 bits per heavy atom. The third kappa shape index (κ3) is 2.76. The Morgan fingerprint density at radius 2 is 2.05 bits per heavy atom. The van der Waals surface area contributed by atoms with Gasteiger partial charge < -0.3 is 10.6 Å². The van der Waals surface area contributed by atoms with Crippen molar-refractivity contribution >= 4 is 5.91 Å². The number of rotatable bonds is 3. The molecule has 116 valence electrons. The lowest BCUT2D eigenvalue weighted by molar-refractivity contribution is 0.0743. The zero-order chi connectivity index (χ0) is 15.7. The molecule has 1 saturated heterocycles. The van der Waals surface area contributed by atoms with Gasteiger partial charge in [0, 0.05) is 24.3 Å².